The number of amides is 1. The summed E-state index contributed by atoms with van der Waals surface area (Å²) in [6, 6.07) is 5.74. The van der Waals surface area contributed by atoms with E-state index >= 15 is 0 Å². The zero-order chi connectivity index (χ0) is 15.8. The van der Waals surface area contributed by atoms with E-state index in [1.54, 1.807) is 12.1 Å². The first-order chi connectivity index (χ1) is 9.96. The molecule has 1 aromatic carbocycles. The van der Waals surface area contributed by atoms with Crippen LogP contribution in [-0.2, 0) is 16.1 Å². The first-order valence-corrected chi connectivity index (χ1v) is 7.20. The number of carbonyl (C=O) groups is 2. The van der Waals surface area contributed by atoms with Crippen molar-refractivity contribution < 1.29 is 19.1 Å². The van der Waals surface area contributed by atoms with Crippen molar-refractivity contribution in [1.29, 1.82) is 0 Å². The maximum absolute atomic E-state index is 12.9. The average Bonchev–Trinajstić information content (AvgIpc) is 2.45. The fourth-order valence-electron chi connectivity index (χ4n) is 2.16. The molecule has 0 aliphatic rings. The Morgan fingerprint density at radius 3 is 2.24 bits per heavy atom. The Hall–Kier alpha value is -1.91. The SMILES string of the molecule is CCC(CC)CC(=O)N(CC(=O)O)Cc1ccc(F)cc1. The van der Waals surface area contributed by atoms with Crippen molar-refractivity contribution in [3.63, 3.8) is 0 Å². The molecule has 4 nitrogen and oxygen atoms in total. The van der Waals surface area contributed by atoms with Crippen LogP contribution in [0, 0.1) is 11.7 Å². The number of hydrogen-bond donors (Lipinski definition) is 1. The Morgan fingerprint density at radius 2 is 1.76 bits per heavy atom. The lowest BCUT2D eigenvalue weighted by Gasteiger charge is -2.23. The van der Waals surface area contributed by atoms with Gasteiger partial charge in [-0.25, -0.2) is 4.39 Å². The number of hydrogen-bond acceptors (Lipinski definition) is 2. The molecule has 0 radical (unpaired) electrons. The fraction of sp³-hybridized carbons (Fsp3) is 0.500. The van der Waals surface area contributed by atoms with E-state index in [9.17, 15) is 14.0 Å². The van der Waals surface area contributed by atoms with E-state index in [4.69, 9.17) is 5.11 Å². The van der Waals surface area contributed by atoms with Gasteiger partial charge < -0.3 is 10.0 Å². The second-order valence-corrected chi connectivity index (χ2v) is 5.16. The highest BCUT2D eigenvalue weighted by molar-refractivity contribution is 5.81. The van der Waals surface area contributed by atoms with Gasteiger partial charge in [-0.1, -0.05) is 38.8 Å². The summed E-state index contributed by atoms with van der Waals surface area (Å²) in [4.78, 5) is 24.5. The van der Waals surface area contributed by atoms with Crippen LogP contribution in [0.2, 0.25) is 0 Å². The Bertz CT molecular complexity index is 469. The molecule has 0 heterocycles. The van der Waals surface area contributed by atoms with Crippen molar-refractivity contribution >= 4 is 11.9 Å². The van der Waals surface area contributed by atoms with Gasteiger partial charge in [-0.05, 0) is 23.6 Å². The molecule has 0 saturated heterocycles. The predicted octanol–water partition coefficient (Wildman–Crippen LogP) is 3.07. The van der Waals surface area contributed by atoms with Crippen molar-refractivity contribution in [2.75, 3.05) is 6.54 Å². The van der Waals surface area contributed by atoms with Crippen LogP contribution in [-0.4, -0.2) is 28.4 Å². The number of rotatable bonds is 8. The minimum Gasteiger partial charge on any atom is -0.480 e. The number of aliphatic carboxylic acids is 1. The Morgan fingerprint density at radius 1 is 1.19 bits per heavy atom. The largest absolute Gasteiger partial charge is 0.480 e. The van der Waals surface area contributed by atoms with E-state index in [1.165, 1.54) is 17.0 Å². The smallest absolute Gasteiger partial charge is 0.323 e. The molecule has 0 aromatic heterocycles. The fourth-order valence-corrected chi connectivity index (χ4v) is 2.16. The minimum atomic E-state index is -1.05. The van der Waals surface area contributed by atoms with Crippen LogP contribution >= 0.6 is 0 Å². The Labute approximate surface area is 124 Å². The zero-order valence-electron chi connectivity index (χ0n) is 12.5. The minimum absolute atomic E-state index is 0.171. The molecule has 0 saturated carbocycles. The van der Waals surface area contributed by atoms with Crippen LogP contribution in [0.1, 0.15) is 38.7 Å². The molecule has 0 aliphatic carbocycles. The van der Waals surface area contributed by atoms with Crippen molar-refractivity contribution in [2.24, 2.45) is 5.92 Å². The van der Waals surface area contributed by atoms with E-state index in [0.717, 1.165) is 18.4 Å². The van der Waals surface area contributed by atoms with Crippen LogP contribution in [0.4, 0.5) is 4.39 Å². The summed E-state index contributed by atoms with van der Waals surface area (Å²) in [7, 11) is 0. The van der Waals surface area contributed by atoms with Gasteiger partial charge in [0.2, 0.25) is 5.91 Å². The van der Waals surface area contributed by atoms with E-state index in [1.807, 2.05) is 13.8 Å². The van der Waals surface area contributed by atoms with Gasteiger partial charge in [0.1, 0.15) is 12.4 Å². The molecular formula is C16H22FNO3. The second-order valence-electron chi connectivity index (χ2n) is 5.16. The molecule has 5 heteroatoms. The highest BCUT2D eigenvalue weighted by Crippen LogP contribution is 2.16. The van der Waals surface area contributed by atoms with Crippen LogP contribution in [0.3, 0.4) is 0 Å². The number of carboxylic acid groups (broad SMARTS) is 1. The number of carbonyl (C=O) groups excluding carboxylic acids is 1. The molecule has 1 aromatic rings. The third-order valence-electron chi connectivity index (χ3n) is 3.58. The molecule has 0 atom stereocenters. The molecule has 1 rings (SSSR count). The summed E-state index contributed by atoms with van der Waals surface area (Å²) >= 11 is 0. The summed E-state index contributed by atoms with van der Waals surface area (Å²) in [5.41, 5.74) is 0.718. The van der Waals surface area contributed by atoms with Crippen molar-refractivity contribution in [2.45, 2.75) is 39.7 Å². The highest BCUT2D eigenvalue weighted by atomic mass is 19.1. The molecule has 0 spiro atoms. The van der Waals surface area contributed by atoms with Crippen molar-refractivity contribution in [3.8, 4) is 0 Å². The monoisotopic (exact) mass is 295 g/mol. The highest BCUT2D eigenvalue weighted by Gasteiger charge is 2.20. The molecule has 116 valence electrons. The molecule has 0 aliphatic heterocycles. The molecule has 21 heavy (non-hydrogen) atoms. The molecule has 0 fully saturated rings. The van der Waals surface area contributed by atoms with E-state index in [-0.39, 0.29) is 30.7 Å². The lowest BCUT2D eigenvalue weighted by atomic mass is 9.98. The van der Waals surface area contributed by atoms with Crippen LogP contribution in [0.5, 0.6) is 0 Å². The van der Waals surface area contributed by atoms with Gasteiger partial charge in [-0.15, -0.1) is 0 Å². The number of nitrogens with zero attached hydrogens (tertiary/aromatic N) is 1. The van der Waals surface area contributed by atoms with Gasteiger partial charge in [0.05, 0.1) is 0 Å². The zero-order valence-corrected chi connectivity index (χ0v) is 12.5. The number of halogens is 1. The summed E-state index contributed by atoms with van der Waals surface area (Å²) in [5.74, 6) is -1.31. The molecular weight excluding hydrogens is 273 g/mol. The Balaban J connectivity index is 2.77. The summed E-state index contributed by atoms with van der Waals surface area (Å²) in [6.45, 7) is 3.88. The molecule has 1 amide bonds. The number of benzene rings is 1. The van der Waals surface area contributed by atoms with Gasteiger partial charge in [-0.3, -0.25) is 9.59 Å². The molecule has 0 bridgehead atoms. The normalized spacial score (nSPS) is 10.7. The van der Waals surface area contributed by atoms with Crippen molar-refractivity contribution in [1.82, 2.24) is 4.90 Å². The third kappa shape index (κ3) is 5.94. The average molecular weight is 295 g/mol. The second kappa shape index (κ2) is 8.39. The lowest BCUT2D eigenvalue weighted by molar-refractivity contribution is -0.145. The maximum atomic E-state index is 12.9. The van der Waals surface area contributed by atoms with Gasteiger partial charge in [0.15, 0.2) is 0 Å². The van der Waals surface area contributed by atoms with Gasteiger partial charge >= 0.3 is 5.97 Å². The topological polar surface area (TPSA) is 57.6 Å². The summed E-state index contributed by atoms with van der Waals surface area (Å²) in [5, 5.41) is 8.95. The van der Waals surface area contributed by atoms with Crippen LogP contribution in [0.25, 0.3) is 0 Å². The summed E-state index contributed by atoms with van der Waals surface area (Å²) in [6.07, 6.45) is 2.13. The van der Waals surface area contributed by atoms with Gasteiger partial charge in [0, 0.05) is 13.0 Å². The predicted molar refractivity (Wildman–Crippen MR) is 78.1 cm³/mol. The third-order valence-corrected chi connectivity index (χ3v) is 3.58. The van der Waals surface area contributed by atoms with Crippen LogP contribution in [0.15, 0.2) is 24.3 Å². The Kier molecular flexibility index (Phi) is 6.85. The summed E-state index contributed by atoms with van der Waals surface area (Å²) < 4.78 is 12.9. The molecule has 1 N–H and O–H groups in total. The first-order valence-electron chi connectivity index (χ1n) is 7.20. The van der Waals surface area contributed by atoms with Crippen molar-refractivity contribution in [3.05, 3.63) is 35.6 Å². The number of carboxylic acids is 1. The van der Waals surface area contributed by atoms with Gasteiger partial charge in [-0.2, -0.15) is 0 Å². The van der Waals surface area contributed by atoms with E-state index in [0.29, 0.717) is 6.42 Å². The van der Waals surface area contributed by atoms with E-state index in [2.05, 4.69) is 0 Å². The lowest BCUT2D eigenvalue weighted by Crippen LogP contribution is -2.36. The van der Waals surface area contributed by atoms with E-state index < -0.39 is 5.97 Å². The quantitative estimate of drug-likeness (QED) is 0.802. The van der Waals surface area contributed by atoms with Crippen LogP contribution < -0.4 is 0 Å². The maximum Gasteiger partial charge on any atom is 0.323 e. The first kappa shape index (κ1) is 17.1. The molecule has 0 unspecified atom stereocenters. The van der Waals surface area contributed by atoms with Gasteiger partial charge in [0.25, 0.3) is 0 Å². The standard InChI is InChI=1S/C16H22FNO3/c1-3-12(4-2)9-15(19)18(11-16(20)21)10-13-5-7-14(17)8-6-13/h5-8,12H,3-4,9-11H2,1-2H3,(H,20,21).